The molecule has 2 N–H and O–H groups in total. The van der Waals surface area contributed by atoms with Gasteiger partial charge in [0.15, 0.2) is 6.61 Å². The molecule has 1 aromatic rings. The SMILES string of the molecule is Cc1c(C)c2c(c(C)c1OCC(=O)NCC(=O)O)CC[C@@](C)(CCC[C@H](C)CCC[C@H](C)CCCC(C)C)O2. The number of hydrogen-bond acceptors (Lipinski definition) is 4. The zero-order valence-electron chi connectivity index (χ0n) is 26.0. The Bertz CT molecular complexity index is 956. The Kier molecular flexibility index (Phi) is 13.1. The van der Waals surface area contributed by atoms with Crippen molar-refractivity contribution in [2.24, 2.45) is 17.8 Å². The van der Waals surface area contributed by atoms with E-state index >= 15 is 0 Å². The first-order valence-electron chi connectivity index (χ1n) is 15.3. The van der Waals surface area contributed by atoms with E-state index in [0.717, 1.165) is 65.0 Å². The minimum absolute atomic E-state index is 0.166. The van der Waals surface area contributed by atoms with Crippen molar-refractivity contribution in [3.8, 4) is 11.5 Å². The summed E-state index contributed by atoms with van der Waals surface area (Å²) in [7, 11) is 0. The van der Waals surface area contributed by atoms with Crippen LogP contribution in [0, 0.1) is 38.5 Å². The molecule has 0 bridgehead atoms. The highest BCUT2D eigenvalue weighted by molar-refractivity contribution is 5.82. The van der Waals surface area contributed by atoms with Crippen molar-refractivity contribution in [1.29, 1.82) is 0 Å². The van der Waals surface area contributed by atoms with Crippen molar-refractivity contribution >= 4 is 11.9 Å². The number of ether oxygens (including phenoxy) is 2. The molecule has 1 aromatic carbocycles. The van der Waals surface area contributed by atoms with Crippen LogP contribution >= 0.6 is 0 Å². The van der Waals surface area contributed by atoms with Crippen LogP contribution in [0.15, 0.2) is 0 Å². The maximum Gasteiger partial charge on any atom is 0.322 e. The van der Waals surface area contributed by atoms with Gasteiger partial charge in [-0.05, 0) is 87.8 Å². The first kappa shape index (κ1) is 33.0. The van der Waals surface area contributed by atoms with Crippen LogP contribution in [0.4, 0.5) is 0 Å². The fraction of sp³-hybridized carbons (Fsp3) is 0.758. The Morgan fingerprint density at radius 1 is 0.923 bits per heavy atom. The molecule has 1 amide bonds. The molecule has 0 radical (unpaired) electrons. The number of carboxylic acids is 1. The highest BCUT2D eigenvalue weighted by Gasteiger charge is 2.34. The molecule has 2 rings (SSSR count). The Hall–Kier alpha value is -2.24. The second-order valence-electron chi connectivity index (χ2n) is 12.9. The average Bonchev–Trinajstić information content (AvgIpc) is 2.85. The van der Waals surface area contributed by atoms with E-state index in [9.17, 15) is 9.59 Å². The van der Waals surface area contributed by atoms with Crippen molar-refractivity contribution in [3.63, 3.8) is 0 Å². The molecule has 0 aromatic heterocycles. The molecule has 0 unspecified atom stereocenters. The summed E-state index contributed by atoms with van der Waals surface area (Å²) in [5.74, 6) is 2.58. The van der Waals surface area contributed by atoms with Gasteiger partial charge in [-0.1, -0.05) is 72.6 Å². The summed E-state index contributed by atoms with van der Waals surface area (Å²) in [6.07, 6.45) is 13.5. The van der Waals surface area contributed by atoms with Crippen LogP contribution in [-0.2, 0) is 16.0 Å². The van der Waals surface area contributed by atoms with E-state index in [1.807, 2.05) is 13.8 Å². The molecular weight excluding hydrogens is 490 g/mol. The van der Waals surface area contributed by atoms with Crippen LogP contribution in [0.5, 0.6) is 11.5 Å². The van der Waals surface area contributed by atoms with Gasteiger partial charge >= 0.3 is 5.97 Å². The van der Waals surface area contributed by atoms with Crippen LogP contribution in [-0.4, -0.2) is 35.7 Å². The third-order valence-corrected chi connectivity index (χ3v) is 8.62. The Labute approximate surface area is 237 Å². The van der Waals surface area contributed by atoms with Gasteiger partial charge in [-0.3, -0.25) is 9.59 Å². The van der Waals surface area contributed by atoms with E-state index in [2.05, 4.69) is 46.9 Å². The minimum atomic E-state index is -1.08. The minimum Gasteiger partial charge on any atom is -0.487 e. The molecule has 0 spiro atoms. The van der Waals surface area contributed by atoms with Gasteiger partial charge in [0.2, 0.25) is 0 Å². The third-order valence-electron chi connectivity index (χ3n) is 8.62. The van der Waals surface area contributed by atoms with Gasteiger partial charge in [0.1, 0.15) is 23.6 Å². The molecule has 3 atom stereocenters. The molecule has 6 heteroatoms. The highest BCUT2D eigenvalue weighted by Crippen LogP contribution is 2.45. The van der Waals surface area contributed by atoms with Crippen LogP contribution in [0.25, 0.3) is 0 Å². The molecule has 0 fully saturated rings. The molecule has 222 valence electrons. The Balaban J connectivity index is 1.85. The lowest BCUT2D eigenvalue weighted by molar-refractivity contribution is -0.138. The maximum absolute atomic E-state index is 12.0. The number of nitrogens with one attached hydrogen (secondary N) is 1. The Morgan fingerprint density at radius 2 is 1.51 bits per heavy atom. The third kappa shape index (κ3) is 10.7. The highest BCUT2D eigenvalue weighted by atomic mass is 16.5. The van der Waals surface area contributed by atoms with Gasteiger partial charge < -0.3 is 19.9 Å². The molecular formula is C33H55NO5. The van der Waals surface area contributed by atoms with Gasteiger partial charge in [0.05, 0.1) is 0 Å². The van der Waals surface area contributed by atoms with Gasteiger partial charge in [-0.2, -0.15) is 0 Å². The largest absolute Gasteiger partial charge is 0.487 e. The van der Waals surface area contributed by atoms with Gasteiger partial charge in [-0.15, -0.1) is 0 Å². The van der Waals surface area contributed by atoms with Gasteiger partial charge in [0.25, 0.3) is 5.91 Å². The van der Waals surface area contributed by atoms with E-state index in [1.165, 1.54) is 51.4 Å². The summed E-state index contributed by atoms with van der Waals surface area (Å²) >= 11 is 0. The molecule has 0 saturated heterocycles. The topological polar surface area (TPSA) is 84.9 Å². The zero-order chi connectivity index (χ0) is 29.2. The number of carbonyl (C=O) groups is 2. The van der Waals surface area contributed by atoms with Crippen LogP contribution in [0.2, 0.25) is 0 Å². The lowest BCUT2D eigenvalue weighted by Crippen LogP contribution is -2.37. The predicted molar refractivity (Wildman–Crippen MR) is 159 cm³/mol. The first-order chi connectivity index (χ1) is 18.3. The van der Waals surface area contributed by atoms with Gasteiger partial charge in [-0.25, -0.2) is 0 Å². The lowest BCUT2D eigenvalue weighted by Gasteiger charge is -2.38. The predicted octanol–water partition coefficient (Wildman–Crippen LogP) is 7.71. The standard InChI is InChI=1S/C33H55NO5/c1-22(2)12-9-13-23(3)14-10-15-24(4)16-11-18-33(8)19-17-28-27(7)31(25(5)26(6)32(28)39-33)38-21-29(35)34-20-30(36)37/h22-24H,9-21H2,1-8H3,(H,34,35)(H,36,37)/t23-,24-,33-/m1/s1. The van der Waals surface area contributed by atoms with Crippen molar-refractivity contribution in [3.05, 3.63) is 22.3 Å². The summed E-state index contributed by atoms with van der Waals surface area (Å²) in [5.41, 5.74) is 4.02. The first-order valence-corrected chi connectivity index (χ1v) is 15.3. The number of aliphatic carboxylic acids is 1. The van der Waals surface area contributed by atoms with Crippen molar-refractivity contribution < 1.29 is 24.2 Å². The van der Waals surface area contributed by atoms with Crippen molar-refractivity contribution in [1.82, 2.24) is 5.32 Å². The van der Waals surface area contributed by atoms with Crippen LogP contribution < -0.4 is 14.8 Å². The molecule has 1 aliphatic heterocycles. The van der Waals surface area contributed by atoms with Crippen molar-refractivity contribution in [2.75, 3.05) is 13.2 Å². The molecule has 0 aliphatic carbocycles. The number of carbonyl (C=O) groups excluding carboxylic acids is 1. The number of hydrogen-bond donors (Lipinski definition) is 2. The van der Waals surface area contributed by atoms with Crippen LogP contribution in [0.3, 0.4) is 0 Å². The molecule has 1 heterocycles. The number of fused-ring (bicyclic) bond motifs is 1. The van der Waals surface area contributed by atoms with E-state index in [-0.39, 0.29) is 12.2 Å². The quantitative estimate of drug-likeness (QED) is 0.209. The lowest BCUT2D eigenvalue weighted by atomic mass is 9.83. The van der Waals surface area contributed by atoms with Crippen molar-refractivity contribution in [2.45, 2.75) is 132 Å². The number of rotatable bonds is 17. The second-order valence-corrected chi connectivity index (χ2v) is 12.9. The van der Waals surface area contributed by atoms with E-state index < -0.39 is 18.4 Å². The number of carboxylic acid groups (broad SMARTS) is 1. The van der Waals surface area contributed by atoms with E-state index in [4.69, 9.17) is 14.6 Å². The molecule has 0 saturated carbocycles. The molecule has 39 heavy (non-hydrogen) atoms. The van der Waals surface area contributed by atoms with E-state index in [0.29, 0.717) is 5.75 Å². The maximum atomic E-state index is 12.0. The smallest absolute Gasteiger partial charge is 0.322 e. The number of benzene rings is 1. The summed E-state index contributed by atoms with van der Waals surface area (Å²) in [6, 6.07) is 0. The van der Waals surface area contributed by atoms with Gasteiger partial charge in [0, 0.05) is 5.56 Å². The van der Waals surface area contributed by atoms with Crippen LogP contribution in [0.1, 0.15) is 121 Å². The normalized spacial score (nSPS) is 18.3. The number of amides is 1. The monoisotopic (exact) mass is 545 g/mol. The summed E-state index contributed by atoms with van der Waals surface area (Å²) in [5, 5.41) is 11.1. The summed E-state index contributed by atoms with van der Waals surface area (Å²) in [6.45, 7) is 17.2. The molecule has 1 aliphatic rings. The second kappa shape index (κ2) is 15.5. The molecule has 6 nitrogen and oxygen atoms in total. The summed E-state index contributed by atoms with van der Waals surface area (Å²) < 4.78 is 12.6. The fourth-order valence-corrected chi connectivity index (χ4v) is 5.84. The fourth-order valence-electron chi connectivity index (χ4n) is 5.84. The van der Waals surface area contributed by atoms with E-state index in [1.54, 1.807) is 0 Å². The average molecular weight is 546 g/mol. The summed E-state index contributed by atoms with van der Waals surface area (Å²) in [4.78, 5) is 22.7. The Morgan fingerprint density at radius 3 is 2.10 bits per heavy atom. The zero-order valence-corrected chi connectivity index (χ0v) is 26.0.